The molecule has 3 aromatic carbocycles. The molecule has 0 bridgehead atoms. The molecule has 3 aromatic rings. The Hall–Kier alpha value is -4.67. The molecule has 0 spiro atoms. The molecule has 3 rings (SSSR count). The van der Waals surface area contributed by atoms with E-state index >= 15 is 0 Å². The summed E-state index contributed by atoms with van der Waals surface area (Å²) in [5.41, 5.74) is 3.60. The van der Waals surface area contributed by atoms with E-state index in [-0.39, 0.29) is 18.0 Å². The fraction of sp³-hybridized carbons (Fsp3) is 0.214. The number of ether oxygens (including phenoxy) is 1. The van der Waals surface area contributed by atoms with Gasteiger partial charge in [0.2, 0.25) is 0 Å². The Morgan fingerprint density at radius 2 is 1.67 bits per heavy atom. The van der Waals surface area contributed by atoms with Crippen molar-refractivity contribution in [1.29, 1.82) is 0 Å². The number of nitrogens with zero attached hydrogens (tertiary/aromatic N) is 1. The van der Waals surface area contributed by atoms with Gasteiger partial charge < -0.3 is 15.4 Å². The van der Waals surface area contributed by atoms with E-state index in [1.807, 2.05) is 24.3 Å². The lowest BCUT2D eigenvalue weighted by molar-refractivity contribution is -0.139. The maximum Gasteiger partial charge on any atom is 0.416 e. The zero-order valence-corrected chi connectivity index (χ0v) is 21.2. The van der Waals surface area contributed by atoms with E-state index in [0.29, 0.717) is 11.5 Å². The summed E-state index contributed by atoms with van der Waals surface area (Å²) < 4.78 is 44.0. The first-order valence-electron chi connectivity index (χ1n) is 11.9. The SMILES string of the molecule is CC(C)c1ccc(CNC(=O)C(=O)N/N=C\c2ccccc2OCC(=O)Nc2cccc(C(F)(F)F)c2)cc1. The van der Waals surface area contributed by atoms with Crippen molar-refractivity contribution < 1.29 is 32.3 Å². The normalized spacial score (nSPS) is 11.3. The van der Waals surface area contributed by atoms with Crippen LogP contribution in [0.5, 0.6) is 5.75 Å². The number of nitrogens with one attached hydrogen (secondary N) is 3. The van der Waals surface area contributed by atoms with Gasteiger partial charge in [-0.05, 0) is 47.4 Å². The Balaban J connectivity index is 1.49. The van der Waals surface area contributed by atoms with Gasteiger partial charge in [-0.25, -0.2) is 5.43 Å². The number of hydrogen-bond donors (Lipinski definition) is 3. The van der Waals surface area contributed by atoms with Crippen molar-refractivity contribution in [2.24, 2.45) is 5.10 Å². The first kappa shape index (κ1) is 28.9. The molecule has 0 saturated carbocycles. The standard InChI is InChI=1S/C28H27F3N4O4/c1-18(2)20-12-10-19(11-13-20)15-32-26(37)27(38)35-33-16-21-6-3-4-9-24(21)39-17-25(36)34-23-8-5-7-22(14-23)28(29,30)31/h3-14,16,18H,15,17H2,1-2H3,(H,32,37)(H,34,36)(H,35,38)/b33-16-. The van der Waals surface area contributed by atoms with Crippen molar-refractivity contribution in [2.75, 3.05) is 11.9 Å². The fourth-order valence-corrected chi connectivity index (χ4v) is 3.33. The molecule has 39 heavy (non-hydrogen) atoms. The summed E-state index contributed by atoms with van der Waals surface area (Å²) in [5, 5.41) is 8.63. The molecule has 0 aromatic heterocycles. The lowest BCUT2D eigenvalue weighted by atomic mass is 10.0. The van der Waals surface area contributed by atoms with Gasteiger partial charge in [0.1, 0.15) is 5.75 Å². The predicted octanol–water partition coefficient (Wildman–Crippen LogP) is 4.61. The van der Waals surface area contributed by atoms with E-state index in [0.717, 1.165) is 23.3 Å². The van der Waals surface area contributed by atoms with Crippen molar-refractivity contribution in [3.63, 3.8) is 0 Å². The molecular formula is C28H27F3N4O4. The molecule has 204 valence electrons. The lowest BCUT2D eigenvalue weighted by Gasteiger charge is -2.11. The number of hydrogen-bond acceptors (Lipinski definition) is 5. The summed E-state index contributed by atoms with van der Waals surface area (Å²) in [6, 6.07) is 18.3. The summed E-state index contributed by atoms with van der Waals surface area (Å²) in [4.78, 5) is 36.3. The molecule has 0 aliphatic carbocycles. The first-order chi connectivity index (χ1) is 18.5. The van der Waals surface area contributed by atoms with Crippen LogP contribution >= 0.6 is 0 Å². The highest BCUT2D eigenvalue weighted by Crippen LogP contribution is 2.30. The van der Waals surface area contributed by atoms with Crippen LogP contribution in [-0.4, -0.2) is 30.5 Å². The highest BCUT2D eigenvalue weighted by atomic mass is 19.4. The monoisotopic (exact) mass is 540 g/mol. The highest BCUT2D eigenvalue weighted by molar-refractivity contribution is 6.35. The van der Waals surface area contributed by atoms with Crippen LogP contribution < -0.4 is 20.8 Å². The molecule has 0 saturated heterocycles. The number of para-hydroxylation sites is 1. The molecule has 0 unspecified atom stereocenters. The zero-order chi connectivity index (χ0) is 28.4. The number of halogens is 3. The van der Waals surface area contributed by atoms with E-state index in [2.05, 4.69) is 35.0 Å². The predicted molar refractivity (Wildman–Crippen MR) is 140 cm³/mol. The minimum Gasteiger partial charge on any atom is -0.483 e. The van der Waals surface area contributed by atoms with Crippen molar-refractivity contribution >= 4 is 29.6 Å². The quantitative estimate of drug-likeness (QED) is 0.209. The van der Waals surface area contributed by atoms with E-state index < -0.39 is 36.1 Å². The van der Waals surface area contributed by atoms with Gasteiger partial charge in [-0.2, -0.15) is 18.3 Å². The molecule has 0 heterocycles. The third-order valence-corrected chi connectivity index (χ3v) is 5.43. The van der Waals surface area contributed by atoms with E-state index in [1.54, 1.807) is 18.2 Å². The van der Waals surface area contributed by atoms with E-state index in [4.69, 9.17) is 4.74 Å². The van der Waals surface area contributed by atoms with Gasteiger partial charge in [0.15, 0.2) is 6.61 Å². The summed E-state index contributed by atoms with van der Waals surface area (Å²) in [6.45, 7) is 3.84. The maximum atomic E-state index is 12.9. The number of amides is 3. The lowest BCUT2D eigenvalue weighted by Crippen LogP contribution is -2.37. The topological polar surface area (TPSA) is 109 Å². The number of benzene rings is 3. The van der Waals surface area contributed by atoms with Crippen molar-refractivity contribution in [2.45, 2.75) is 32.5 Å². The smallest absolute Gasteiger partial charge is 0.416 e. The number of alkyl halides is 3. The largest absolute Gasteiger partial charge is 0.483 e. The Bertz CT molecular complexity index is 1340. The summed E-state index contributed by atoms with van der Waals surface area (Å²) >= 11 is 0. The second-order valence-corrected chi connectivity index (χ2v) is 8.73. The summed E-state index contributed by atoms with van der Waals surface area (Å²) in [5.74, 6) is -1.90. The van der Waals surface area contributed by atoms with Gasteiger partial charge in [-0.15, -0.1) is 0 Å². The van der Waals surface area contributed by atoms with Crippen molar-refractivity contribution in [3.8, 4) is 5.75 Å². The molecule has 0 aliphatic rings. The third-order valence-electron chi connectivity index (χ3n) is 5.43. The zero-order valence-electron chi connectivity index (χ0n) is 21.2. The molecule has 11 heteroatoms. The summed E-state index contributed by atoms with van der Waals surface area (Å²) in [6.07, 6.45) is -3.30. The molecule has 0 aliphatic heterocycles. The van der Waals surface area contributed by atoms with Crippen LogP contribution in [0.2, 0.25) is 0 Å². The van der Waals surface area contributed by atoms with E-state index in [1.165, 1.54) is 24.4 Å². The third kappa shape index (κ3) is 8.99. The van der Waals surface area contributed by atoms with Crippen LogP contribution in [0.1, 0.15) is 42.0 Å². The molecule has 0 fully saturated rings. The Morgan fingerprint density at radius 1 is 0.949 bits per heavy atom. The van der Waals surface area contributed by atoms with Gasteiger partial charge in [0.25, 0.3) is 5.91 Å². The van der Waals surface area contributed by atoms with Gasteiger partial charge in [-0.1, -0.05) is 56.3 Å². The Morgan fingerprint density at radius 3 is 2.36 bits per heavy atom. The second kappa shape index (κ2) is 13.2. The maximum absolute atomic E-state index is 12.9. The molecule has 0 atom stereocenters. The first-order valence-corrected chi connectivity index (χ1v) is 11.9. The fourth-order valence-electron chi connectivity index (χ4n) is 3.33. The van der Waals surface area contributed by atoms with E-state index in [9.17, 15) is 27.6 Å². The molecule has 3 N–H and O–H groups in total. The molecular weight excluding hydrogens is 513 g/mol. The minimum atomic E-state index is -4.54. The Labute approximate surface area is 223 Å². The molecule has 0 radical (unpaired) electrons. The average molecular weight is 541 g/mol. The highest BCUT2D eigenvalue weighted by Gasteiger charge is 2.30. The van der Waals surface area contributed by atoms with Crippen molar-refractivity contribution in [3.05, 3.63) is 95.1 Å². The Kier molecular flexibility index (Phi) is 9.80. The van der Waals surface area contributed by atoms with Crippen LogP contribution in [0.3, 0.4) is 0 Å². The number of anilines is 1. The van der Waals surface area contributed by atoms with Gasteiger partial charge in [-0.3, -0.25) is 14.4 Å². The number of carbonyl (C=O) groups is 3. The minimum absolute atomic E-state index is 0.0261. The van der Waals surface area contributed by atoms with Gasteiger partial charge in [0.05, 0.1) is 11.8 Å². The van der Waals surface area contributed by atoms with Crippen LogP contribution in [0, 0.1) is 0 Å². The average Bonchev–Trinajstić information content (AvgIpc) is 2.91. The molecule has 8 nitrogen and oxygen atoms in total. The number of rotatable bonds is 9. The van der Waals surface area contributed by atoms with Crippen molar-refractivity contribution in [1.82, 2.24) is 10.7 Å². The second-order valence-electron chi connectivity index (χ2n) is 8.73. The van der Waals surface area contributed by atoms with Crippen LogP contribution in [-0.2, 0) is 27.1 Å². The van der Waals surface area contributed by atoms with Gasteiger partial charge in [0, 0.05) is 17.8 Å². The van der Waals surface area contributed by atoms with Gasteiger partial charge >= 0.3 is 18.0 Å². The van der Waals surface area contributed by atoms with Crippen LogP contribution in [0.15, 0.2) is 77.9 Å². The van der Waals surface area contributed by atoms with Crippen LogP contribution in [0.4, 0.5) is 18.9 Å². The number of carbonyl (C=O) groups excluding carboxylic acids is 3. The molecule has 3 amide bonds. The summed E-state index contributed by atoms with van der Waals surface area (Å²) in [7, 11) is 0. The van der Waals surface area contributed by atoms with Crippen LogP contribution in [0.25, 0.3) is 0 Å². The number of hydrazone groups is 1.